The zero-order valence-electron chi connectivity index (χ0n) is 16.4. The number of alkyl halides is 3. The van der Waals surface area contributed by atoms with Crippen LogP contribution in [0.4, 0.5) is 18.9 Å². The molecule has 2 aromatic carbocycles. The van der Waals surface area contributed by atoms with E-state index in [9.17, 15) is 13.2 Å². The Hall–Kier alpha value is -3.50. The molecular formula is C22H16F3N5S2. The van der Waals surface area contributed by atoms with Crippen molar-refractivity contribution in [3.05, 3.63) is 89.4 Å². The van der Waals surface area contributed by atoms with Gasteiger partial charge in [-0.3, -0.25) is 5.43 Å². The van der Waals surface area contributed by atoms with Crippen LogP contribution in [0.5, 0.6) is 0 Å². The standard InChI is InChI=1S/C22H16F3N5S2/c23-22(24,25)17-9-4-5-10-18(17)27-21(31)28-26-13-15-14-30(16-7-2-1-3-8-16)29-20(15)19-11-6-12-32-19/h1-14H,(H2,27,28,31). The molecule has 10 heteroatoms. The Morgan fingerprint density at radius 1 is 1.03 bits per heavy atom. The van der Waals surface area contributed by atoms with Gasteiger partial charge in [0, 0.05) is 11.8 Å². The Labute approximate surface area is 191 Å². The number of rotatable bonds is 5. The summed E-state index contributed by atoms with van der Waals surface area (Å²) in [5.74, 6) is 0. The van der Waals surface area contributed by atoms with E-state index in [4.69, 9.17) is 12.2 Å². The van der Waals surface area contributed by atoms with E-state index in [-0.39, 0.29) is 10.8 Å². The van der Waals surface area contributed by atoms with E-state index in [0.717, 1.165) is 27.9 Å². The number of thiocarbonyl (C=S) groups is 1. The molecule has 2 N–H and O–H groups in total. The van der Waals surface area contributed by atoms with Gasteiger partial charge in [-0.15, -0.1) is 11.3 Å². The number of para-hydroxylation sites is 2. The molecule has 4 aromatic rings. The molecule has 0 spiro atoms. The van der Waals surface area contributed by atoms with E-state index in [1.807, 2.05) is 54.0 Å². The van der Waals surface area contributed by atoms with Gasteiger partial charge in [-0.05, 0) is 47.9 Å². The lowest BCUT2D eigenvalue weighted by Gasteiger charge is -2.14. The van der Waals surface area contributed by atoms with Gasteiger partial charge in [0.2, 0.25) is 0 Å². The average Bonchev–Trinajstić information content (AvgIpc) is 3.44. The number of hydrazone groups is 1. The van der Waals surface area contributed by atoms with Gasteiger partial charge >= 0.3 is 6.18 Å². The molecule has 0 amide bonds. The second kappa shape index (κ2) is 9.33. The van der Waals surface area contributed by atoms with Crippen LogP contribution in [-0.2, 0) is 6.18 Å². The number of anilines is 1. The van der Waals surface area contributed by atoms with Gasteiger partial charge in [-0.2, -0.15) is 23.4 Å². The summed E-state index contributed by atoms with van der Waals surface area (Å²) in [6, 6.07) is 18.6. The third-order valence-electron chi connectivity index (χ3n) is 4.37. The number of nitrogens with one attached hydrogen (secondary N) is 2. The largest absolute Gasteiger partial charge is 0.418 e. The summed E-state index contributed by atoms with van der Waals surface area (Å²) in [7, 11) is 0. The zero-order chi connectivity index (χ0) is 22.6. The third kappa shape index (κ3) is 5.04. The summed E-state index contributed by atoms with van der Waals surface area (Å²) in [6.45, 7) is 0. The minimum absolute atomic E-state index is 0.0638. The van der Waals surface area contributed by atoms with Crippen molar-refractivity contribution in [3.63, 3.8) is 0 Å². The van der Waals surface area contributed by atoms with Crippen molar-refractivity contribution >= 4 is 40.6 Å². The minimum atomic E-state index is -4.50. The first-order valence-corrected chi connectivity index (χ1v) is 10.7. The third-order valence-corrected chi connectivity index (χ3v) is 5.44. The molecule has 162 valence electrons. The normalized spacial score (nSPS) is 11.6. The first-order chi connectivity index (χ1) is 15.4. The summed E-state index contributed by atoms with van der Waals surface area (Å²) in [5, 5.41) is 13.2. The topological polar surface area (TPSA) is 54.2 Å². The Kier molecular flexibility index (Phi) is 6.33. The smallest absolute Gasteiger partial charge is 0.331 e. The van der Waals surface area contributed by atoms with Gasteiger partial charge in [0.25, 0.3) is 0 Å². The molecule has 0 fully saturated rings. The maximum Gasteiger partial charge on any atom is 0.418 e. The van der Waals surface area contributed by atoms with Crippen molar-refractivity contribution in [2.24, 2.45) is 5.10 Å². The van der Waals surface area contributed by atoms with Gasteiger partial charge in [0.05, 0.1) is 28.0 Å². The van der Waals surface area contributed by atoms with Crippen LogP contribution < -0.4 is 10.7 Å². The lowest BCUT2D eigenvalue weighted by molar-refractivity contribution is -0.136. The summed E-state index contributed by atoms with van der Waals surface area (Å²) < 4.78 is 41.2. The fourth-order valence-electron chi connectivity index (χ4n) is 2.95. The summed E-state index contributed by atoms with van der Waals surface area (Å²) in [5.41, 5.74) is 3.96. The van der Waals surface area contributed by atoms with E-state index in [1.54, 1.807) is 16.0 Å². The number of nitrogens with zero attached hydrogens (tertiary/aromatic N) is 3. The molecule has 0 radical (unpaired) electrons. The van der Waals surface area contributed by atoms with E-state index < -0.39 is 11.7 Å². The number of thiophene rings is 1. The van der Waals surface area contributed by atoms with Crippen LogP contribution in [-0.4, -0.2) is 21.1 Å². The van der Waals surface area contributed by atoms with Gasteiger partial charge in [0.15, 0.2) is 5.11 Å². The molecule has 0 saturated carbocycles. The van der Waals surface area contributed by atoms with Crippen LogP contribution in [0.3, 0.4) is 0 Å². The molecule has 4 rings (SSSR count). The van der Waals surface area contributed by atoms with Crippen LogP contribution in [0.1, 0.15) is 11.1 Å². The monoisotopic (exact) mass is 471 g/mol. The maximum atomic E-state index is 13.2. The second-order valence-corrected chi connectivity index (χ2v) is 7.91. The highest BCUT2D eigenvalue weighted by molar-refractivity contribution is 7.80. The minimum Gasteiger partial charge on any atom is -0.331 e. The van der Waals surface area contributed by atoms with E-state index in [0.29, 0.717) is 0 Å². The van der Waals surface area contributed by atoms with Crippen LogP contribution in [0.2, 0.25) is 0 Å². The van der Waals surface area contributed by atoms with Crippen molar-refractivity contribution in [1.29, 1.82) is 0 Å². The SMILES string of the molecule is FC(F)(F)c1ccccc1NC(=S)NN=Cc1cn(-c2ccccc2)nc1-c1cccs1. The maximum absolute atomic E-state index is 13.2. The molecule has 0 unspecified atom stereocenters. The Morgan fingerprint density at radius 2 is 1.78 bits per heavy atom. The number of hydrogen-bond acceptors (Lipinski definition) is 4. The molecule has 5 nitrogen and oxygen atoms in total. The number of halogens is 3. The molecule has 32 heavy (non-hydrogen) atoms. The molecule has 0 aliphatic heterocycles. The molecular weight excluding hydrogens is 455 g/mol. The molecule has 0 atom stereocenters. The fraction of sp³-hybridized carbons (Fsp3) is 0.0455. The van der Waals surface area contributed by atoms with Crippen molar-refractivity contribution in [1.82, 2.24) is 15.2 Å². The second-order valence-electron chi connectivity index (χ2n) is 6.56. The van der Waals surface area contributed by atoms with Crippen molar-refractivity contribution < 1.29 is 13.2 Å². The highest BCUT2D eigenvalue weighted by Crippen LogP contribution is 2.34. The molecule has 0 aliphatic rings. The molecule has 0 saturated heterocycles. The Morgan fingerprint density at radius 3 is 2.50 bits per heavy atom. The van der Waals surface area contributed by atoms with Gasteiger partial charge in [-0.25, -0.2) is 4.68 Å². The predicted molar refractivity (Wildman–Crippen MR) is 125 cm³/mol. The van der Waals surface area contributed by atoms with Crippen molar-refractivity contribution in [2.75, 3.05) is 5.32 Å². The first kappa shape index (κ1) is 21.7. The average molecular weight is 472 g/mol. The van der Waals surface area contributed by atoms with Crippen LogP contribution in [0, 0.1) is 0 Å². The zero-order valence-corrected chi connectivity index (χ0v) is 18.0. The summed E-state index contributed by atoms with van der Waals surface area (Å²) >= 11 is 6.65. The lowest BCUT2D eigenvalue weighted by Crippen LogP contribution is -2.25. The van der Waals surface area contributed by atoms with Crippen molar-refractivity contribution in [2.45, 2.75) is 6.18 Å². The van der Waals surface area contributed by atoms with E-state index in [1.165, 1.54) is 24.4 Å². The van der Waals surface area contributed by atoms with Gasteiger partial charge < -0.3 is 5.32 Å². The van der Waals surface area contributed by atoms with E-state index >= 15 is 0 Å². The van der Waals surface area contributed by atoms with Crippen LogP contribution >= 0.6 is 23.6 Å². The highest BCUT2D eigenvalue weighted by atomic mass is 32.1. The predicted octanol–water partition coefficient (Wildman–Crippen LogP) is 5.94. The number of benzene rings is 2. The molecule has 2 aromatic heterocycles. The molecule has 0 bridgehead atoms. The van der Waals surface area contributed by atoms with Gasteiger partial charge in [0.1, 0.15) is 5.69 Å². The quantitative estimate of drug-likeness (QED) is 0.215. The summed E-state index contributed by atoms with van der Waals surface area (Å²) in [6.07, 6.45) is -1.14. The van der Waals surface area contributed by atoms with E-state index in [2.05, 4.69) is 20.9 Å². The molecule has 2 heterocycles. The number of hydrogen-bond donors (Lipinski definition) is 2. The Balaban J connectivity index is 1.53. The van der Waals surface area contributed by atoms with Crippen LogP contribution in [0.15, 0.2) is 83.4 Å². The lowest BCUT2D eigenvalue weighted by atomic mass is 10.2. The van der Waals surface area contributed by atoms with Gasteiger partial charge in [-0.1, -0.05) is 36.4 Å². The first-order valence-electron chi connectivity index (χ1n) is 9.37. The Bertz CT molecular complexity index is 1230. The highest BCUT2D eigenvalue weighted by Gasteiger charge is 2.33. The van der Waals surface area contributed by atoms with Crippen molar-refractivity contribution in [3.8, 4) is 16.3 Å². The molecule has 0 aliphatic carbocycles. The number of aromatic nitrogens is 2. The summed E-state index contributed by atoms with van der Waals surface area (Å²) in [4.78, 5) is 0.959. The fourth-order valence-corrected chi connectivity index (χ4v) is 3.84. The van der Waals surface area contributed by atoms with Crippen LogP contribution in [0.25, 0.3) is 16.3 Å².